The van der Waals surface area contributed by atoms with Crippen LogP contribution in [0.1, 0.15) is 6.42 Å². The maximum absolute atomic E-state index is 12.2. The highest BCUT2D eigenvalue weighted by molar-refractivity contribution is 6.30. The Labute approximate surface area is 119 Å². The van der Waals surface area contributed by atoms with Gasteiger partial charge < -0.3 is 14.7 Å². The first kappa shape index (κ1) is 14.2. The van der Waals surface area contributed by atoms with Crippen LogP contribution in [0.4, 0.5) is 10.5 Å². The molecule has 2 rings (SSSR count). The Hall–Kier alpha value is -1.26. The van der Waals surface area contributed by atoms with Crippen molar-refractivity contribution in [2.24, 2.45) is 0 Å². The Balaban J connectivity index is 1.96. The molecule has 1 heterocycles. The molecule has 0 unspecified atom stereocenters. The number of amides is 2. The number of carbonyl (C=O) groups excluding carboxylic acids is 1. The first-order chi connectivity index (χ1) is 8.96. The number of likely N-dealkylation sites (N-methyl/N-ethyl adjacent to an activating group) is 1. The van der Waals surface area contributed by atoms with Crippen molar-refractivity contribution >= 4 is 23.3 Å². The second kappa shape index (κ2) is 5.80. The number of urea groups is 1. The zero-order valence-corrected chi connectivity index (χ0v) is 12.3. The summed E-state index contributed by atoms with van der Waals surface area (Å²) in [6.07, 6.45) is 1.04. The molecule has 0 saturated carbocycles. The molecule has 104 valence electrons. The van der Waals surface area contributed by atoms with Crippen LogP contribution in [0, 0.1) is 0 Å². The number of benzene rings is 1. The first-order valence-corrected chi connectivity index (χ1v) is 6.98. The highest BCUT2D eigenvalue weighted by atomic mass is 35.5. The lowest BCUT2D eigenvalue weighted by Crippen LogP contribution is -2.44. The molecule has 0 bridgehead atoms. The van der Waals surface area contributed by atoms with Gasteiger partial charge in [0.25, 0.3) is 0 Å². The Kier molecular flexibility index (Phi) is 4.32. The van der Waals surface area contributed by atoms with Gasteiger partial charge in [-0.15, -0.1) is 0 Å². The average Bonchev–Trinajstić information content (AvgIpc) is 2.50. The van der Waals surface area contributed by atoms with Gasteiger partial charge >= 0.3 is 6.03 Å². The van der Waals surface area contributed by atoms with Crippen molar-refractivity contribution in [3.05, 3.63) is 29.3 Å². The normalized spacial score (nSPS) is 18.8. The smallest absolute Gasteiger partial charge is 0.322 e. The molecule has 0 aliphatic carbocycles. The van der Waals surface area contributed by atoms with Gasteiger partial charge in [-0.05, 0) is 18.2 Å². The van der Waals surface area contributed by atoms with Crippen LogP contribution in [0.2, 0.25) is 5.02 Å². The molecule has 0 aromatic heterocycles. The Morgan fingerprint density at radius 3 is 2.84 bits per heavy atom. The third-order valence-corrected chi connectivity index (χ3v) is 3.76. The summed E-state index contributed by atoms with van der Waals surface area (Å²) in [5.74, 6) is 0. The molecule has 19 heavy (non-hydrogen) atoms. The van der Waals surface area contributed by atoms with Crippen LogP contribution in [0.15, 0.2) is 24.3 Å². The number of rotatable bonds is 1. The van der Waals surface area contributed by atoms with Gasteiger partial charge in [-0.1, -0.05) is 17.7 Å². The van der Waals surface area contributed by atoms with Gasteiger partial charge in [0, 0.05) is 23.7 Å². The summed E-state index contributed by atoms with van der Waals surface area (Å²) in [6, 6.07) is 7.20. The fourth-order valence-electron chi connectivity index (χ4n) is 2.28. The van der Waals surface area contributed by atoms with Gasteiger partial charge in [0.15, 0.2) is 0 Å². The summed E-state index contributed by atoms with van der Waals surface area (Å²) in [5, 5.41) is 3.53. The summed E-state index contributed by atoms with van der Waals surface area (Å²) in [7, 11) is 4.41. The van der Waals surface area contributed by atoms with Crippen molar-refractivity contribution < 1.29 is 9.28 Å². The fourth-order valence-corrected chi connectivity index (χ4v) is 2.47. The van der Waals surface area contributed by atoms with E-state index in [-0.39, 0.29) is 6.03 Å². The summed E-state index contributed by atoms with van der Waals surface area (Å²) in [6.45, 7) is 3.71. The summed E-state index contributed by atoms with van der Waals surface area (Å²) < 4.78 is 0.973. The van der Waals surface area contributed by atoms with E-state index in [2.05, 4.69) is 19.4 Å². The summed E-state index contributed by atoms with van der Waals surface area (Å²) in [5.41, 5.74) is 0.746. The molecule has 0 radical (unpaired) electrons. The molecule has 2 amide bonds. The van der Waals surface area contributed by atoms with E-state index in [1.165, 1.54) is 0 Å². The zero-order valence-electron chi connectivity index (χ0n) is 11.5. The highest BCUT2D eigenvalue weighted by Gasteiger charge is 2.24. The average molecular weight is 283 g/mol. The summed E-state index contributed by atoms with van der Waals surface area (Å²) in [4.78, 5) is 14.1. The second-order valence-corrected chi connectivity index (χ2v) is 6.10. The van der Waals surface area contributed by atoms with E-state index < -0.39 is 0 Å². The van der Waals surface area contributed by atoms with E-state index in [0.29, 0.717) is 5.02 Å². The molecule has 0 spiro atoms. The minimum Gasteiger partial charge on any atom is -0.327 e. The molecule has 1 fully saturated rings. The molecule has 1 aliphatic heterocycles. The first-order valence-electron chi connectivity index (χ1n) is 6.60. The number of halogens is 1. The van der Waals surface area contributed by atoms with Crippen molar-refractivity contribution in [3.63, 3.8) is 0 Å². The van der Waals surface area contributed by atoms with Crippen molar-refractivity contribution in [1.82, 2.24) is 4.90 Å². The molecule has 0 atom stereocenters. The number of carbonyl (C=O) groups is 1. The molecule has 1 N–H and O–H groups in total. The lowest BCUT2D eigenvalue weighted by Gasteiger charge is -2.28. The number of hydrogen-bond donors (Lipinski definition) is 1. The lowest BCUT2D eigenvalue weighted by molar-refractivity contribution is -0.888. The van der Waals surface area contributed by atoms with E-state index in [9.17, 15) is 4.79 Å². The predicted octanol–water partition coefficient (Wildman–Crippen LogP) is 2.65. The number of hydrogen-bond acceptors (Lipinski definition) is 1. The molecular formula is C14H21ClN3O+. The van der Waals surface area contributed by atoms with Gasteiger partial charge in [0.05, 0.1) is 33.7 Å². The van der Waals surface area contributed by atoms with Gasteiger partial charge in [-0.2, -0.15) is 0 Å². The van der Waals surface area contributed by atoms with Crippen LogP contribution in [0.25, 0.3) is 0 Å². The number of nitrogens with one attached hydrogen (secondary N) is 1. The maximum atomic E-state index is 12.2. The minimum atomic E-state index is -0.0378. The third kappa shape index (κ3) is 4.11. The number of nitrogens with zero attached hydrogens (tertiary/aromatic N) is 2. The quantitative estimate of drug-likeness (QED) is 0.789. The van der Waals surface area contributed by atoms with Crippen LogP contribution >= 0.6 is 11.6 Å². The van der Waals surface area contributed by atoms with Crippen LogP contribution < -0.4 is 5.32 Å². The largest absolute Gasteiger partial charge is 0.327 e. The van der Waals surface area contributed by atoms with Crippen LogP contribution in [0.3, 0.4) is 0 Å². The Morgan fingerprint density at radius 1 is 1.32 bits per heavy atom. The second-order valence-electron chi connectivity index (χ2n) is 5.66. The molecule has 1 aromatic rings. The van der Waals surface area contributed by atoms with E-state index in [4.69, 9.17) is 11.6 Å². The SMILES string of the molecule is C[N+]1(C)CCCN(C(=O)Nc2cccc(Cl)c2)CC1. The van der Waals surface area contributed by atoms with Crippen LogP contribution in [-0.2, 0) is 0 Å². The lowest BCUT2D eigenvalue weighted by atomic mass is 10.3. The van der Waals surface area contributed by atoms with Crippen molar-refractivity contribution in [2.75, 3.05) is 45.6 Å². The number of quaternary nitrogens is 1. The Bertz CT molecular complexity index is 462. The predicted molar refractivity (Wildman–Crippen MR) is 78.5 cm³/mol. The fraction of sp³-hybridized carbons (Fsp3) is 0.500. The van der Waals surface area contributed by atoms with E-state index in [0.717, 1.165) is 42.8 Å². The van der Waals surface area contributed by atoms with Gasteiger partial charge in [-0.3, -0.25) is 0 Å². The zero-order chi connectivity index (χ0) is 13.9. The maximum Gasteiger partial charge on any atom is 0.322 e. The van der Waals surface area contributed by atoms with Crippen LogP contribution in [0.5, 0.6) is 0 Å². The standard InChI is InChI=1S/C14H20ClN3O/c1-18(2)9-4-7-17(8-10-18)14(19)16-13-6-3-5-12(15)11-13/h3,5-6,11H,4,7-10H2,1-2H3/p+1. The molecule has 1 aromatic carbocycles. The molecule has 4 nitrogen and oxygen atoms in total. The van der Waals surface area contributed by atoms with E-state index in [1.54, 1.807) is 12.1 Å². The number of anilines is 1. The van der Waals surface area contributed by atoms with Crippen molar-refractivity contribution in [2.45, 2.75) is 6.42 Å². The summed E-state index contributed by atoms with van der Waals surface area (Å²) >= 11 is 5.91. The molecular weight excluding hydrogens is 262 g/mol. The minimum absolute atomic E-state index is 0.0378. The third-order valence-electron chi connectivity index (χ3n) is 3.53. The van der Waals surface area contributed by atoms with Crippen molar-refractivity contribution in [1.29, 1.82) is 0 Å². The van der Waals surface area contributed by atoms with Gasteiger partial charge in [-0.25, -0.2) is 4.79 Å². The molecule has 1 saturated heterocycles. The topological polar surface area (TPSA) is 32.3 Å². The van der Waals surface area contributed by atoms with E-state index >= 15 is 0 Å². The van der Waals surface area contributed by atoms with Crippen molar-refractivity contribution in [3.8, 4) is 0 Å². The Morgan fingerprint density at radius 2 is 2.11 bits per heavy atom. The molecule has 5 heteroatoms. The van der Waals surface area contributed by atoms with Gasteiger partial charge in [0.2, 0.25) is 0 Å². The van der Waals surface area contributed by atoms with E-state index in [1.807, 2.05) is 17.0 Å². The van der Waals surface area contributed by atoms with Crippen LogP contribution in [-0.4, -0.2) is 55.7 Å². The monoisotopic (exact) mass is 282 g/mol. The highest BCUT2D eigenvalue weighted by Crippen LogP contribution is 2.16. The van der Waals surface area contributed by atoms with Gasteiger partial charge in [0.1, 0.15) is 0 Å². The molecule has 1 aliphatic rings.